The largest absolute Gasteiger partial charge is 0.394 e. The van der Waals surface area contributed by atoms with Gasteiger partial charge in [0.1, 0.15) is 42.7 Å². The molecule has 4 saturated heterocycles. The molecule has 52 heavy (non-hydrogen) atoms. The molecule has 13 nitrogen and oxygen atoms in total. The summed E-state index contributed by atoms with van der Waals surface area (Å²) < 4.78 is 37.4. The van der Waals surface area contributed by atoms with Crippen LogP contribution in [0, 0.1) is 40.4 Å². The van der Waals surface area contributed by atoms with E-state index in [2.05, 4.69) is 33.8 Å². The van der Waals surface area contributed by atoms with Crippen molar-refractivity contribution in [3.05, 3.63) is 11.6 Å². The van der Waals surface area contributed by atoms with Crippen molar-refractivity contribution < 1.29 is 64.2 Å². The molecule has 0 amide bonds. The van der Waals surface area contributed by atoms with E-state index in [4.69, 9.17) is 28.4 Å². The van der Waals surface area contributed by atoms with Gasteiger partial charge in [-0.25, -0.2) is 0 Å². The summed E-state index contributed by atoms with van der Waals surface area (Å²) in [6.45, 7) is 10.9. The SMILES string of the molecule is CC1CCC2(OC1)OC1CC3(O)C4CC=C5CC(OC6OC(CO)C(O)C(O)C6OC6OC(C)C(O)C(O)C6O)CCC5(C)C4CCC3(C)C1C2C. The lowest BCUT2D eigenvalue weighted by molar-refractivity contribution is -0.369. The van der Waals surface area contributed by atoms with Crippen LogP contribution in [-0.2, 0) is 28.4 Å². The molecule has 7 N–H and O–H groups in total. The number of rotatable bonds is 5. The molecule has 4 heterocycles. The van der Waals surface area contributed by atoms with Gasteiger partial charge in [-0.05, 0) is 75.0 Å². The fraction of sp³-hybridized carbons (Fsp3) is 0.949. The summed E-state index contributed by atoms with van der Waals surface area (Å²) in [5, 5.41) is 75.8. The first-order chi connectivity index (χ1) is 24.6. The monoisotopic (exact) mass is 738 g/mol. The molecule has 8 rings (SSSR count). The van der Waals surface area contributed by atoms with Gasteiger partial charge in [-0.3, -0.25) is 0 Å². The molecule has 4 aliphatic heterocycles. The molecule has 0 bridgehead atoms. The molecule has 0 aromatic heterocycles. The van der Waals surface area contributed by atoms with Crippen molar-refractivity contribution in [2.45, 2.75) is 177 Å². The van der Waals surface area contributed by atoms with Gasteiger partial charge < -0.3 is 64.2 Å². The Kier molecular flexibility index (Phi) is 9.83. The average Bonchev–Trinajstić information content (AvgIpc) is 3.51. The van der Waals surface area contributed by atoms with E-state index in [0.29, 0.717) is 31.1 Å². The van der Waals surface area contributed by atoms with Crippen LogP contribution in [0.25, 0.3) is 0 Å². The third-order valence-corrected chi connectivity index (χ3v) is 15.7. The first kappa shape index (κ1) is 38.1. The van der Waals surface area contributed by atoms with Gasteiger partial charge in [0.05, 0.1) is 37.1 Å². The number of aliphatic hydroxyl groups excluding tert-OH is 6. The van der Waals surface area contributed by atoms with E-state index in [9.17, 15) is 35.7 Å². The molecule has 3 saturated carbocycles. The molecule has 0 aromatic rings. The summed E-state index contributed by atoms with van der Waals surface area (Å²) in [6.07, 6.45) is -4.13. The smallest absolute Gasteiger partial charge is 0.187 e. The standard InChI is InChI=1S/C39H62O13/c1-18-8-13-39(47-17-18)19(2)27-25(52-39)15-38(46)24-7-6-21-14-22(9-11-36(21,4)23(24)10-12-37(27,38)5)49-35-33(31(44)29(42)26(16-40)50-35)51-34-32(45)30(43)28(41)20(3)48-34/h6,18-20,22-35,40-46H,7-17H2,1-5H3. The van der Waals surface area contributed by atoms with Crippen LogP contribution in [0.5, 0.6) is 0 Å². The van der Waals surface area contributed by atoms with E-state index in [1.807, 2.05) is 0 Å². The second-order valence-electron chi connectivity index (χ2n) is 18.4. The van der Waals surface area contributed by atoms with E-state index in [1.165, 1.54) is 12.5 Å². The summed E-state index contributed by atoms with van der Waals surface area (Å²) in [5.41, 5.74) is 0.0478. The zero-order valence-corrected chi connectivity index (χ0v) is 31.3. The maximum Gasteiger partial charge on any atom is 0.187 e. The highest BCUT2D eigenvalue weighted by Gasteiger charge is 2.74. The van der Waals surface area contributed by atoms with Crippen molar-refractivity contribution >= 4 is 0 Å². The van der Waals surface area contributed by atoms with Crippen molar-refractivity contribution in [3.63, 3.8) is 0 Å². The second kappa shape index (κ2) is 13.4. The van der Waals surface area contributed by atoms with Gasteiger partial charge in [-0.15, -0.1) is 0 Å². The fourth-order valence-electron chi connectivity index (χ4n) is 12.5. The van der Waals surface area contributed by atoms with Crippen LogP contribution >= 0.6 is 0 Å². The van der Waals surface area contributed by atoms with Gasteiger partial charge in [0.2, 0.25) is 0 Å². The zero-order valence-electron chi connectivity index (χ0n) is 31.3. The highest BCUT2D eigenvalue weighted by molar-refractivity contribution is 5.29. The van der Waals surface area contributed by atoms with Crippen LogP contribution < -0.4 is 0 Å². The Bertz CT molecular complexity index is 1350. The maximum absolute atomic E-state index is 12.9. The normalized spacial score (nSPS) is 58.9. The minimum absolute atomic E-state index is 0.0154. The lowest BCUT2D eigenvalue weighted by atomic mass is 9.45. The molecular weight excluding hydrogens is 676 g/mol. The summed E-state index contributed by atoms with van der Waals surface area (Å²) in [6, 6.07) is 0. The highest BCUT2D eigenvalue weighted by Crippen LogP contribution is 2.72. The van der Waals surface area contributed by atoms with Crippen molar-refractivity contribution in [3.8, 4) is 0 Å². The number of hydrogen-bond acceptors (Lipinski definition) is 13. The van der Waals surface area contributed by atoms with Crippen molar-refractivity contribution in [2.75, 3.05) is 13.2 Å². The minimum atomic E-state index is -1.63. The van der Waals surface area contributed by atoms with Gasteiger partial charge in [-0.2, -0.15) is 0 Å². The lowest BCUT2D eigenvalue weighted by Gasteiger charge is -2.62. The predicted molar refractivity (Wildman–Crippen MR) is 183 cm³/mol. The van der Waals surface area contributed by atoms with E-state index in [0.717, 1.165) is 45.1 Å². The minimum Gasteiger partial charge on any atom is -0.394 e. The van der Waals surface area contributed by atoms with Crippen LogP contribution in [0.1, 0.15) is 92.4 Å². The average molecular weight is 739 g/mol. The third kappa shape index (κ3) is 5.58. The van der Waals surface area contributed by atoms with Gasteiger partial charge in [-0.1, -0.05) is 39.3 Å². The number of aliphatic hydroxyl groups is 7. The third-order valence-electron chi connectivity index (χ3n) is 15.7. The lowest BCUT2D eigenvalue weighted by Crippen LogP contribution is -2.64. The molecule has 13 heteroatoms. The number of ether oxygens (including phenoxy) is 6. The molecular formula is C39H62O13. The van der Waals surface area contributed by atoms with Crippen LogP contribution in [0.4, 0.5) is 0 Å². The predicted octanol–water partition coefficient (Wildman–Crippen LogP) is 1.50. The van der Waals surface area contributed by atoms with E-state index >= 15 is 0 Å². The molecule has 7 fully saturated rings. The highest BCUT2D eigenvalue weighted by atomic mass is 16.8. The van der Waals surface area contributed by atoms with Gasteiger partial charge in [0.15, 0.2) is 18.4 Å². The Labute approximate surface area is 306 Å². The molecule has 1 spiro atoms. The van der Waals surface area contributed by atoms with Crippen LogP contribution in [0.15, 0.2) is 11.6 Å². The van der Waals surface area contributed by atoms with Gasteiger partial charge in [0, 0.05) is 30.1 Å². The van der Waals surface area contributed by atoms with Crippen molar-refractivity contribution in [2.24, 2.45) is 40.4 Å². The number of fused-ring (bicyclic) bond motifs is 7. The van der Waals surface area contributed by atoms with Gasteiger partial charge >= 0.3 is 0 Å². The van der Waals surface area contributed by atoms with E-state index in [-0.39, 0.29) is 40.8 Å². The zero-order chi connectivity index (χ0) is 37.1. The number of allylic oxidation sites excluding steroid dienone is 1. The van der Waals surface area contributed by atoms with Crippen LogP contribution in [-0.4, -0.2) is 134 Å². The molecule has 21 unspecified atom stereocenters. The molecule has 4 aliphatic carbocycles. The maximum atomic E-state index is 12.9. The van der Waals surface area contributed by atoms with Crippen LogP contribution in [0.2, 0.25) is 0 Å². The summed E-state index contributed by atoms with van der Waals surface area (Å²) in [4.78, 5) is 0. The van der Waals surface area contributed by atoms with Gasteiger partial charge in [0.25, 0.3) is 0 Å². The summed E-state index contributed by atoms with van der Waals surface area (Å²) >= 11 is 0. The second-order valence-corrected chi connectivity index (χ2v) is 18.4. The Morgan fingerprint density at radius 3 is 2.31 bits per heavy atom. The van der Waals surface area contributed by atoms with Crippen molar-refractivity contribution in [1.29, 1.82) is 0 Å². The Morgan fingerprint density at radius 2 is 1.60 bits per heavy atom. The van der Waals surface area contributed by atoms with Crippen molar-refractivity contribution in [1.82, 2.24) is 0 Å². The summed E-state index contributed by atoms with van der Waals surface area (Å²) in [7, 11) is 0. The van der Waals surface area contributed by atoms with Crippen LogP contribution in [0.3, 0.4) is 0 Å². The Balaban J connectivity index is 0.982. The first-order valence-electron chi connectivity index (χ1n) is 19.9. The quantitative estimate of drug-likeness (QED) is 0.201. The molecule has 296 valence electrons. The Morgan fingerprint density at radius 1 is 0.827 bits per heavy atom. The van der Waals surface area contributed by atoms with E-state index < -0.39 is 79.4 Å². The number of hydrogen-bond donors (Lipinski definition) is 7. The molecule has 0 aromatic carbocycles. The summed E-state index contributed by atoms with van der Waals surface area (Å²) in [5.74, 6) is 0.876. The first-order valence-corrected chi connectivity index (χ1v) is 19.9. The molecule has 21 atom stereocenters. The topological polar surface area (TPSA) is 197 Å². The molecule has 8 aliphatic rings. The van der Waals surface area contributed by atoms with E-state index in [1.54, 1.807) is 0 Å². The Hall–Kier alpha value is -0.780. The fourth-order valence-corrected chi connectivity index (χ4v) is 12.5. The molecule has 0 radical (unpaired) electrons.